The number of likely N-dealkylation sites (tertiary alicyclic amines) is 1. The molecule has 1 aliphatic rings. The molecule has 1 N–H and O–H groups in total. The van der Waals surface area contributed by atoms with Crippen LogP contribution in [0.15, 0.2) is 24.3 Å². The fraction of sp³-hybridized carbons (Fsp3) is 0.667. The van der Waals surface area contributed by atoms with Crippen molar-refractivity contribution >= 4 is 0 Å². The van der Waals surface area contributed by atoms with Gasteiger partial charge in [0.25, 0.3) is 0 Å². The van der Waals surface area contributed by atoms with Gasteiger partial charge in [-0.1, -0.05) is 29.8 Å². The molecular formula is C18H30N2O. The second-order valence-electron chi connectivity index (χ2n) is 6.72. The summed E-state index contributed by atoms with van der Waals surface area (Å²) in [6, 6.07) is 8.22. The molecule has 0 amide bonds. The molecule has 0 aromatic heterocycles. The topological polar surface area (TPSA) is 26.7 Å². The van der Waals surface area contributed by atoms with Crippen LogP contribution in [0.1, 0.15) is 36.5 Å². The Morgan fingerprint density at radius 1 is 1.24 bits per heavy atom. The molecule has 21 heavy (non-hydrogen) atoms. The molecule has 1 aromatic rings. The summed E-state index contributed by atoms with van der Waals surface area (Å²) in [6.45, 7) is 6.65. The minimum atomic E-state index is -0.342. The zero-order valence-electron chi connectivity index (χ0n) is 13.8. The van der Waals surface area contributed by atoms with E-state index in [-0.39, 0.29) is 6.10 Å². The highest BCUT2D eigenvalue weighted by atomic mass is 16.3. The average molecular weight is 290 g/mol. The SMILES string of the molecule is Cc1ccc(C(O)CCN(C)CC2CCN(C)CC2)cc1. The number of piperidine rings is 1. The fourth-order valence-electron chi connectivity index (χ4n) is 3.07. The van der Waals surface area contributed by atoms with Crippen molar-refractivity contribution < 1.29 is 5.11 Å². The maximum atomic E-state index is 10.3. The highest BCUT2D eigenvalue weighted by molar-refractivity contribution is 5.22. The lowest BCUT2D eigenvalue weighted by Gasteiger charge is -2.31. The standard InChI is InChI=1S/C18H30N2O/c1-15-4-6-17(7-5-15)18(21)10-13-20(3)14-16-8-11-19(2)12-9-16/h4-7,16,18,21H,8-14H2,1-3H3. The van der Waals surface area contributed by atoms with Gasteiger partial charge in [0.15, 0.2) is 0 Å². The lowest BCUT2D eigenvalue weighted by atomic mass is 9.96. The highest BCUT2D eigenvalue weighted by Crippen LogP contribution is 2.19. The predicted octanol–water partition coefficient (Wildman–Crippen LogP) is 2.69. The molecule has 3 heteroatoms. The van der Waals surface area contributed by atoms with E-state index in [0.717, 1.165) is 31.0 Å². The summed E-state index contributed by atoms with van der Waals surface area (Å²) < 4.78 is 0. The second kappa shape index (κ2) is 7.92. The van der Waals surface area contributed by atoms with Crippen LogP contribution >= 0.6 is 0 Å². The van der Waals surface area contributed by atoms with Crippen LogP contribution in [0.25, 0.3) is 0 Å². The molecule has 2 rings (SSSR count). The van der Waals surface area contributed by atoms with E-state index in [2.05, 4.69) is 43.0 Å². The summed E-state index contributed by atoms with van der Waals surface area (Å²) in [4.78, 5) is 4.80. The van der Waals surface area contributed by atoms with Crippen LogP contribution in [0.2, 0.25) is 0 Å². The van der Waals surface area contributed by atoms with Gasteiger partial charge >= 0.3 is 0 Å². The van der Waals surface area contributed by atoms with Crippen molar-refractivity contribution in [3.8, 4) is 0 Å². The molecule has 1 fully saturated rings. The maximum Gasteiger partial charge on any atom is 0.0802 e. The highest BCUT2D eigenvalue weighted by Gasteiger charge is 2.18. The molecule has 0 bridgehead atoms. The van der Waals surface area contributed by atoms with E-state index in [0.29, 0.717) is 0 Å². The van der Waals surface area contributed by atoms with Crippen LogP contribution in [0.5, 0.6) is 0 Å². The molecule has 1 unspecified atom stereocenters. The molecule has 118 valence electrons. The number of nitrogens with zero attached hydrogens (tertiary/aromatic N) is 2. The van der Waals surface area contributed by atoms with Crippen molar-refractivity contribution in [1.29, 1.82) is 0 Å². The molecule has 1 saturated heterocycles. The molecule has 1 heterocycles. The molecule has 0 spiro atoms. The third-order valence-corrected chi connectivity index (χ3v) is 4.65. The quantitative estimate of drug-likeness (QED) is 0.872. The van der Waals surface area contributed by atoms with E-state index < -0.39 is 0 Å². The third kappa shape index (κ3) is 5.42. The van der Waals surface area contributed by atoms with Gasteiger partial charge in [-0.05, 0) is 64.9 Å². The smallest absolute Gasteiger partial charge is 0.0802 e. The van der Waals surface area contributed by atoms with E-state index in [1.807, 2.05) is 12.1 Å². The van der Waals surface area contributed by atoms with Crippen molar-refractivity contribution in [1.82, 2.24) is 9.80 Å². The summed E-state index contributed by atoms with van der Waals surface area (Å²) in [5, 5.41) is 10.3. The lowest BCUT2D eigenvalue weighted by Crippen LogP contribution is -2.36. The number of rotatable bonds is 6. The van der Waals surface area contributed by atoms with E-state index in [4.69, 9.17) is 0 Å². The second-order valence-corrected chi connectivity index (χ2v) is 6.72. The molecule has 1 aromatic carbocycles. The molecule has 1 aliphatic heterocycles. The predicted molar refractivity (Wildman–Crippen MR) is 88.5 cm³/mol. The third-order valence-electron chi connectivity index (χ3n) is 4.65. The Morgan fingerprint density at radius 3 is 2.48 bits per heavy atom. The Bertz CT molecular complexity index is 410. The Hall–Kier alpha value is -0.900. The zero-order valence-corrected chi connectivity index (χ0v) is 13.8. The minimum Gasteiger partial charge on any atom is -0.388 e. The van der Waals surface area contributed by atoms with Crippen LogP contribution in [-0.2, 0) is 0 Å². The van der Waals surface area contributed by atoms with Crippen LogP contribution < -0.4 is 0 Å². The molecule has 0 saturated carbocycles. The Morgan fingerprint density at radius 2 is 1.86 bits per heavy atom. The van der Waals surface area contributed by atoms with Crippen molar-refractivity contribution in [3.05, 3.63) is 35.4 Å². The van der Waals surface area contributed by atoms with Gasteiger partial charge in [0, 0.05) is 13.1 Å². The van der Waals surface area contributed by atoms with Crippen molar-refractivity contribution in [2.24, 2.45) is 5.92 Å². The Labute approximate surface area is 129 Å². The number of benzene rings is 1. The summed E-state index contributed by atoms with van der Waals surface area (Å²) in [7, 11) is 4.39. The summed E-state index contributed by atoms with van der Waals surface area (Å²) in [5.74, 6) is 0.822. The minimum absolute atomic E-state index is 0.342. The number of hydrogen-bond acceptors (Lipinski definition) is 3. The molecule has 1 atom stereocenters. The van der Waals surface area contributed by atoms with Crippen molar-refractivity contribution in [3.63, 3.8) is 0 Å². The summed E-state index contributed by atoms with van der Waals surface area (Å²) >= 11 is 0. The van der Waals surface area contributed by atoms with E-state index in [1.54, 1.807) is 0 Å². The first-order valence-corrected chi connectivity index (χ1v) is 8.16. The Balaban J connectivity index is 1.70. The van der Waals surface area contributed by atoms with E-state index >= 15 is 0 Å². The monoisotopic (exact) mass is 290 g/mol. The van der Waals surface area contributed by atoms with Gasteiger partial charge in [-0.2, -0.15) is 0 Å². The average Bonchev–Trinajstić information content (AvgIpc) is 2.48. The van der Waals surface area contributed by atoms with Crippen molar-refractivity contribution in [2.45, 2.75) is 32.3 Å². The van der Waals surface area contributed by atoms with Gasteiger partial charge in [-0.15, -0.1) is 0 Å². The van der Waals surface area contributed by atoms with Crippen LogP contribution in [0.3, 0.4) is 0 Å². The molecule has 0 radical (unpaired) electrons. The molecule has 0 aliphatic carbocycles. The summed E-state index contributed by atoms with van der Waals surface area (Å²) in [6.07, 6.45) is 3.08. The van der Waals surface area contributed by atoms with Gasteiger partial charge < -0.3 is 14.9 Å². The number of aryl methyl sites for hydroxylation is 1. The lowest BCUT2D eigenvalue weighted by molar-refractivity contribution is 0.133. The van der Waals surface area contributed by atoms with Gasteiger partial charge in [0.1, 0.15) is 0 Å². The van der Waals surface area contributed by atoms with Gasteiger partial charge in [-0.3, -0.25) is 0 Å². The number of hydrogen-bond donors (Lipinski definition) is 1. The number of aliphatic hydroxyl groups excluding tert-OH is 1. The fourth-order valence-corrected chi connectivity index (χ4v) is 3.07. The molecule has 3 nitrogen and oxygen atoms in total. The number of aliphatic hydroxyl groups is 1. The zero-order chi connectivity index (χ0) is 15.2. The first-order valence-electron chi connectivity index (χ1n) is 8.16. The van der Waals surface area contributed by atoms with Gasteiger partial charge in [-0.25, -0.2) is 0 Å². The van der Waals surface area contributed by atoms with Crippen LogP contribution in [0.4, 0.5) is 0 Å². The van der Waals surface area contributed by atoms with E-state index in [9.17, 15) is 5.11 Å². The largest absolute Gasteiger partial charge is 0.388 e. The summed E-state index contributed by atoms with van der Waals surface area (Å²) in [5.41, 5.74) is 2.28. The van der Waals surface area contributed by atoms with Crippen LogP contribution in [-0.4, -0.2) is 55.2 Å². The van der Waals surface area contributed by atoms with E-state index in [1.165, 1.54) is 31.5 Å². The van der Waals surface area contributed by atoms with Crippen molar-refractivity contribution in [2.75, 3.05) is 40.3 Å². The maximum absolute atomic E-state index is 10.3. The van der Waals surface area contributed by atoms with Gasteiger partial charge in [0.05, 0.1) is 6.10 Å². The first kappa shape index (κ1) is 16.5. The van der Waals surface area contributed by atoms with Gasteiger partial charge in [0.2, 0.25) is 0 Å². The molecular weight excluding hydrogens is 260 g/mol. The Kier molecular flexibility index (Phi) is 6.22. The normalized spacial score (nSPS) is 19.1. The first-order chi connectivity index (χ1) is 10.0. The van der Waals surface area contributed by atoms with Crippen LogP contribution in [0, 0.1) is 12.8 Å².